The van der Waals surface area contributed by atoms with E-state index in [0.717, 1.165) is 0 Å². The van der Waals surface area contributed by atoms with E-state index in [9.17, 15) is 0 Å². The molecule has 1 fully saturated rings. The van der Waals surface area contributed by atoms with Crippen molar-refractivity contribution in [3.05, 3.63) is 0 Å². The number of hydrogen-bond acceptors (Lipinski definition) is 8. The van der Waals surface area contributed by atoms with Crippen LogP contribution in [0.25, 0.3) is 0 Å². The molecule has 1 aliphatic heterocycles. The van der Waals surface area contributed by atoms with E-state index in [1.165, 1.54) is 0 Å². The Morgan fingerprint density at radius 2 is 1.47 bits per heavy atom. The first-order valence-electron chi connectivity index (χ1n) is 4.23. The van der Waals surface area contributed by atoms with Gasteiger partial charge in [-0.05, 0) is 0 Å². The number of aliphatic hydroxyl groups is 5. The molecule has 11 heteroatoms. The zero-order chi connectivity index (χ0) is 13.8. The van der Waals surface area contributed by atoms with Gasteiger partial charge in [-0.1, -0.05) is 0 Å². The summed E-state index contributed by atoms with van der Waals surface area (Å²) in [6, 6.07) is 0. The molecule has 0 saturated carbocycles. The standard InChI is InChI=1S/C6H12O6.ClHO3S/c7-1-2-3(8)4(9)5(10)6(11)12-2;1-5(2,3)4/h2-11H,1H2;(H,2,3,4)/t2-,3+,4+,5-,6+;/m1./s1. The smallest absolute Gasteiger partial charge is 0.353 e. The van der Waals surface area contributed by atoms with E-state index in [0.29, 0.717) is 0 Å². The molecule has 0 aromatic carbocycles. The lowest BCUT2D eigenvalue weighted by Crippen LogP contribution is -2.58. The second-order valence-corrected chi connectivity index (χ2v) is 5.13. The minimum Gasteiger partial charge on any atom is -0.394 e. The van der Waals surface area contributed by atoms with Gasteiger partial charge in [0.25, 0.3) is 0 Å². The predicted octanol–water partition coefficient (Wildman–Crippen LogP) is -3.19. The molecule has 0 spiro atoms. The number of ether oxygens (including phenoxy) is 1. The van der Waals surface area contributed by atoms with Gasteiger partial charge in [0.05, 0.1) is 6.61 Å². The molecule has 6 N–H and O–H groups in total. The fourth-order valence-electron chi connectivity index (χ4n) is 1.08. The third kappa shape index (κ3) is 6.45. The van der Waals surface area contributed by atoms with Crippen LogP contribution in [0.4, 0.5) is 0 Å². The van der Waals surface area contributed by atoms with Crippen molar-refractivity contribution < 1.29 is 43.2 Å². The summed E-state index contributed by atoms with van der Waals surface area (Å²) in [5, 5.41) is 44.7. The Morgan fingerprint density at radius 3 is 1.82 bits per heavy atom. The highest BCUT2D eigenvalue weighted by molar-refractivity contribution is 8.09. The Bertz CT molecular complexity index is 307. The van der Waals surface area contributed by atoms with Gasteiger partial charge in [-0.15, -0.1) is 0 Å². The van der Waals surface area contributed by atoms with Crippen molar-refractivity contribution in [1.29, 1.82) is 0 Å². The van der Waals surface area contributed by atoms with Gasteiger partial charge in [0.1, 0.15) is 24.4 Å². The zero-order valence-electron chi connectivity index (χ0n) is 8.29. The van der Waals surface area contributed by atoms with Crippen molar-refractivity contribution in [2.24, 2.45) is 0 Å². The predicted molar refractivity (Wildman–Crippen MR) is 53.4 cm³/mol. The van der Waals surface area contributed by atoms with Crippen LogP contribution in [0.1, 0.15) is 0 Å². The van der Waals surface area contributed by atoms with Gasteiger partial charge in [-0.2, -0.15) is 8.42 Å². The summed E-state index contributed by atoms with van der Waals surface area (Å²) >= 11 is 0. The van der Waals surface area contributed by atoms with Gasteiger partial charge in [0.15, 0.2) is 6.29 Å². The number of rotatable bonds is 1. The monoisotopic (exact) mass is 296 g/mol. The van der Waals surface area contributed by atoms with Crippen molar-refractivity contribution in [2.75, 3.05) is 6.61 Å². The van der Waals surface area contributed by atoms with E-state index in [2.05, 4.69) is 15.4 Å². The Kier molecular flexibility index (Phi) is 6.76. The number of aliphatic hydroxyl groups excluding tert-OH is 5. The molecule has 1 aliphatic rings. The Morgan fingerprint density at radius 1 is 1.06 bits per heavy atom. The minimum atomic E-state index is -4.19. The van der Waals surface area contributed by atoms with Crippen LogP contribution in [-0.2, 0) is 14.1 Å². The minimum absolute atomic E-state index is 0.526. The highest BCUT2D eigenvalue weighted by Crippen LogP contribution is 2.18. The van der Waals surface area contributed by atoms with Crippen LogP contribution in [0.5, 0.6) is 0 Å². The molecule has 0 radical (unpaired) electrons. The summed E-state index contributed by atoms with van der Waals surface area (Å²) in [4.78, 5) is 0. The topological polar surface area (TPSA) is 165 Å². The van der Waals surface area contributed by atoms with E-state index >= 15 is 0 Å². The molecule has 104 valence electrons. The first kappa shape index (κ1) is 17.0. The number of hydrogen-bond donors (Lipinski definition) is 6. The van der Waals surface area contributed by atoms with E-state index in [-0.39, 0.29) is 0 Å². The van der Waals surface area contributed by atoms with Crippen LogP contribution < -0.4 is 0 Å². The molecule has 1 heterocycles. The molecular formula is C6H13ClO9S. The van der Waals surface area contributed by atoms with Crippen LogP contribution >= 0.6 is 10.7 Å². The second-order valence-electron chi connectivity index (χ2n) is 3.13. The third-order valence-corrected chi connectivity index (χ3v) is 1.87. The van der Waals surface area contributed by atoms with E-state index in [1.54, 1.807) is 0 Å². The van der Waals surface area contributed by atoms with E-state index in [1.807, 2.05) is 0 Å². The van der Waals surface area contributed by atoms with Crippen LogP contribution in [0.15, 0.2) is 0 Å². The fourth-order valence-corrected chi connectivity index (χ4v) is 1.08. The van der Waals surface area contributed by atoms with Crippen molar-refractivity contribution in [3.8, 4) is 0 Å². The van der Waals surface area contributed by atoms with Gasteiger partial charge >= 0.3 is 9.33 Å². The van der Waals surface area contributed by atoms with Crippen LogP contribution in [0, 0.1) is 0 Å². The summed E-state index contributed by atoms with van der Waals surface area (Å²) in [7, 11) is -0.137. The van der Waals surface area contributed by atoms with Gasteiger partial charge in [-0.25, -0.2) is 0 Å². The lowest BCUT2D eigenvalue weighted by atomic mass is 10.00. The van der Waals surface area contributed by atoms with E-state index in [4.69, 9.17) is 38.5 Å². The molecule has 0 aromatic rings. The zero-order valence-corrected chi connectivity index (χ0v) is 9.86. The molecule has 0 amide bonds. The average Bonchev–Trinajstić information content (AvgIpc) is 2.18. The summed E-state index contributed by atoms with van der Waals surface area (Å²) in [6.07, 6.45) is -7.04. The molecule has 5 atom stereocenters. The Balaban J connectivity index is 0.000000437. The maximum absolute atomic E-state index is 9.12. The third-order valence-electron chi connectivity index (χ3n) is 1.87. The molecule has 0 aliphatic carbocycles. The summed E-state index contributed by atoms with van der Waals surface area (Å²) < 4.78 is 29.7. The van der Waals surface area contributed by atoms with Crippen LogP contribution in [0.2, 0.25) is 0 Å². The van der Waals surface area contributed by atoms with Gasteiger partial charge in [0.2, 0.25) is 0 Å². The molecule has 17 heavy (non-hydrogen) atoms. The summed E-state index contributed by atoms with van der Waals surface area (Å²) in [5.41, 5.74) is 0. The first-order valence-corrected chi connectivity index (χ1v) is 6.50. The molecule has 1 rings (SSSR count). The Labute approximate surface area is 101 Å². The van der Waals surface area contributed by atoms with Crippen LogP contribution in [0.3, 0.4) is 0 Å². The summed E-state index contributed by atoms with van der Waals surface area (Å²) in [6.45, 7) is -0.526. The quantitative estimate of drug-likeness (QED) is 0.216. The molecule has 0 aromatic heterocycles. The van der Waals surface area contributed by atoms with Crippen LogP contribution in [-0.4, -0.2) is 75.8 Å². The maximum atomic E-state index is 9.12. The van der Waals surface area contributed by atoms with Crippen molar-refractivity contribution in [1.82, 2.24) is 0 Å². The first-order chi connectivity index (χ1) is 7.57. The molecular weight excluding hydrogens is 284 g/mol. The lowest BCUT2D eigenvalue weighted by Gasteiger charge is -2.37. The molecule has 0 unspecified atom stereocenters. The van der Waals surface area contributed by atoms with Crippen molar-refractivity contribution in [2.45, 2.75) is 30.7 Å². The fraction of sp³-hybridized carbons (Fsp3) is 1.00. The van der Waals surface area contributed by atoms with Gasteiger partial charge < -0.3 is 30.3 Å². The second kappa shape index (κ2) is 6.78. The maximum Gasteiger partial charge on any atom is 0.353 e. The molecule has 1 saturated heterocycles. The Hall–Kier alpha value is -0.0400. The van der Waals surface area contributed by atoms with Crippen molar-refractivity contribution in [3.63, 3.8) is 0 Å². The largest absolute Gasteiger partial charge is 0.394 e. The highest BCUT2D eigenvalue weighted by atomic mass is 35.7. The van der Waals surface area contributed by atoms with Gasteiger partial charge in [0, 0.05) is 10.7 Å². The molecule has 0 bridgehead atoms. The lowest BCUT2D eigenvalue weighted by molar-refractivity contribution is -0.286. The molecule has 9 nitrogen and oxygen atoms in total. The van der Waals surface area contributed by atoms with Gasteiger partial charge in [-0.3, -0.25) is 4.55 Å². The normalized spacial score (nSPS) is 38.2. The number of halogens is 1. The van der Waals surface area contributed by atoms with Crippen molar-refractivity contribution >= 4 is 20.0 Å². The summed E-state index contributed by atoms with van der Waals surface area (Å²) in [5.74, 6) is 0. The van der Waals surface area contributed by atoms with E-state index < -0.39 is 46.6 Å². The average molecular weight is 297 g/mol. The SMILES string of the molecule is O=S(=O)(O)Cl.OC[C@H]1O[C@H](O)[C@H](O)[C@@H](O)[C@H]1O. The highest BCUT2D eigenvalue weighted by Gasteiger charge is 2.42.